The van der Waals surface area contributed by atoms with Crippen LogP contribution in [0.15, 0.2) is 58.3 Å². The molecule has 1 nitrogen and oxygen atoms in total. The normalized spacial score (nSPS) is 13.2. The SMILES string of the molecule is CC[C@H](N)c1ccccc1Sc1ccc(C(C)(C)C)cc1. The van der Waals surface area contributed by atoms with Crippen molar-refractivity contribution in [3.8, 4) is 0 Å². The van der Waals surface area contributed by atoms with Gasteiger partial charge in [-0.05, 0) is 41.2 Å². The maximum absolute atomic E-state index is 6.22. The smallest absolute Gasteiger partial charge is 0.0303 e. The third-order valence-electron chi connectivity index (χ3n) is 3.71. The summed E-state index contributed by atoms with van der Waals surface area (Å²) in [4.78, 5) is 2.52. The van der Waals surface area contributed by atoms with Crippen LogP contribution in [0.4, 0.5) is 0 Å². The van der Waals surface area contributed by atoms with Gasteiger partial charge in [0.2, 0.25) is 0 Å². The minimum Gasteiger partial charge on any atom is -0.324 e. The Morgan fingerprint density at radius 3 is 2.19 bits per heavy atom. The topological polar surface area (TPSA) is 26.0 Å². The Balaban J connectivity index is 2.23. The summed E-state index contributed by atoms with van der Waals surface area (Å²) in [6.07, 6.45) is 0.959. The molecule has 0 aromatic heterocycles. The van der Waals surface area contributed by atoms with Crippen LogP contribution in [0.2, 0.25) is 0 Å². The van der Waals surface area contributed by atoms with Crippen molar-refractivity contribution >= 4 is 11.8 Å². The molecule has 2 aromatic carbocycles. The molecule has 112 valence electrons. The lowest BCUT2D eigenvalue weighted by molar-refractivity contribution is 0.590. The van der Waals surface area contributed by atoms with Gasteiger partial charge in [-0.1, -0.05) is 69.8 Å². The molecule has 0 radical (unpaired) electrons. The largest absolute Gasteiger partial charge is 0.324 e. The Morgan fingerprint density at radius 1 is 1.00 bits per heavy atom. The highest BCUT2D eigenvalue weighted by molar-refractivity contribution is 7.99. The summed E-state index contributed by atoms with van der Waals surface area (Å²) < 4.78 is 0. The van der Waals surface area contributed by atoms with Crippen LogP contribution in [0.3, 0.4) is 0 Å². The number of benzene rings is 2. The van der Waals surface area contributed by atoms with Gasteiger partial charge >= 0.3 is 0 Å². The van der Waals surface area contributed by atoms with E-state index < -0.39 is 0 Å². The molecule has 0 bridgehead atoms. The third kappa shape index (κ3) is 4.12. The fourth-order valence-electron chi connectivity index (χ4n) is 2.25. The van der Waals surface area contributed by atoms with Crippen molar-refractivity contribution in [3.05, 3.63) is 59.7 Å². The molecule has 2 rings (SSSR count). The molecular weight excluding hydrogens is 274 g/mol. The van der Waals surface area contributed by atoms with Crippen LogP contribution in [0.25, 0.3) is 0 Å². The van der Waals surface area contributed by atoms with Crippen molar-refractivity contribution in [3.63, 3.8) is 0 Å². The molecule has 1 atom stereocenters. The first-order valence-corrected chi connectivity index (χ1v) is 8.36. The first-order chi connectivity index (χ1) is 9.91. The van der Waals surface area contributed by atoms with Crippen molar-refractivity contribution in [1.29, 1.82) is 0 Å². The van der Waals surface area contributed by atoms with Gasteiger partial charge in [0, 0.05) is 15.8 Å². The Bertz CT molecular complexity index is 581. The minimum absolute atomic E-state index is 0.113. The van der Waals surface area contributed by atoms with E-state index in [4.69, 9.17) is 5.73 Å². The van der Waals surface area contributed by atoms with Gasteiger partial charge in [0.15, 0.2) is 0 Å². The molecule has 0 saturated heterocycles. The molecule has 0 fully saturated rings. The zero-order valence-corrected chi connectivity index (χ0v) is 14.2. The molecule has 2 N–H and O–H groups in total. The van der Waals surface area contributed by atoms with Crippen LogP contribution in [0, 0.1) is 0 Å². The summed E-state index contributed by atoms with van der Waals surface area (Å²) in [6, 6.07) is 17.4. The maximum Gasteiger partial charge on any atom is 0.0303 e. The molecule has 0 aliphatic heterocycles. The molecule has 0 saturated carbocycles. The predicted molar refractivity (Wildman–Crippen MR) is 92.9 cm³/mol. The lowest BCUT2D eigenvalue weighted by Crippen LogP contribution is -2.10. The minimum atomic E-state index is 0.113. The van der Waals surface area contributed by atoms with Crippen LogP contribution < -0.4 is 5.73 Å². The van der Waals surface area contributed by atoms with Gasteiger partial charge in [-0.25, -0.2) is 0 Å². The van der Waals surface area contributed by atoms with E-state index in [9.17, 15) is 0 Å². The highest BCUT2D eigenvalue weighted by Gasteiger charge is 2.14. The van der Waals surface area contributed by atoms with Crippen LogP contribution in [-0.4, -0.2) is 0 Å². The standard InChI is InChI=1S/C19H25NS/c1-5-17(20)16-8-6-7-9-18(16)21-15-12-10-14(11-13-15)19(2,3)4/h6-13,17H,5,20H2,1-4H3/t17-/m0/s1. The van der Waals surface area contributed by atoms with Gasteiger partial charge in [0.05, 0.1) is 0 Å². The van der Waals surface area contributed by atoms with E-state index in [2.05, 4.69) is 76.2 Å². The zero-order valence-electron chi connectivity index (χ0n) is 13.4. The molecule has 0 aliphatic carbocycles. The van der Waals surface area contributed by atoms with Crippen molar-refractivity contribution in [2.45, 2.75) is 55.4 Å². The van der Waals surface area contributed by atoms with Gasteiger partial charge in [0.25, 0.3) is 0 Å². The van der Waals surface area contributed by atoms with E-state index in [1.807, 2.05) is 0 Å². The summed E-state index contributed by atoms with van der Waals surface area (Å²) in [7, 11) is 0. The van der Waals surface area contributed by atoms with Gasteiger partial charge in [-0.15, -0.1) is 0 Å². The lowest BCUT2D eigenvalue weighted by atomic mass is 9.87. The summed E-state index contributed by atoms with van der Waals surface area (Å²) in [5, 5.41) is 0. The quantitative estimate of drug-likeness (QED) is 0.801. The Labute approximate surface area is 133 Å². The van der Waals surface area contributed by atoms with Crippen LogP contribution in [0.1, 0.15) is 51.3 Å². The molecule has 2 heteroatoms. The second-order valence-corrected chi connectivity index (χ2v) is 7.54. The number of rotatable bonds is 4. The highest BCUT2D eigenvalue weighted by atomic mass is 32.2. The molecule has 2 aromatic rings. The first kappa shape index (κ1) is 16.1. The molecule has 0 amide bonds. The van der Waals surface area contributed by atoms with Gasteiger partial charge in [-0.3, -0.25) is 0 Å². The highest BCUT2D eigenvalue weighted by Crippen LogP contribution is 2.34. The van der Waals surface area contributed by atoms with E-state index in [0.717, 1.165) is 6.42 Å². The zero-order chi connectivity index (χ0) is 15.5. The van der Waals surface area contributed by atoms with Crippen molar-refractivity contribution < 1.29 is 0 Å². The molecular formula is C19H25NS. The lowest BCUT2D eigenvalue weighted by Gasteiger charge is -2.19. The molecule has 0 aliphatic rings. The second-order valence-electron chi connectivity index (χ2n) is 6.43. The molecule has 0 unspecified atom stereocenters. The van der Waals surface area contributed by atoms with Crippen LogP contribution in [-0.2, 0) is 5.41 Å². The number of hydrogen-bond acceptors (Lipinski definition) is 2. The van der Waals surface area contributed by atoms with Crippen molar-refractivity contribution in [1.82, 2.24) is 0 Å². The van der Waals surface area contributed by atoms with Gasteiger partial charge in [-0.2, -0.15) is 0 Å². The van der Waals surface area contributed by atoms with E-state index in [0.29, 0.717) is 0 Å². The number of nitrogens with two attached hydrogens (primary N) is 1. The predicted octanol–water partition coefficient (Wildman–Crippen LogP) is 5.55. The van der Waals surface area contributed by atoms with Crippen molar-refractivity contribution in [2.75, 3.05) is 0 Å². The average molecular weight is 299 g/mol. The molecule has 0 heterocycles. The monoisotopic (exact) mass is 299 g/mol. The van der Waals surface area contributed by atoms with E-state index in [-0.39, 0.29) is 11.5 Å². The Hall–Kier alpha value is -1.25. The van der Waals surface area contributed by atoms with Gasteiger partial charge < -0.3 is 5.73 Å². The second kappa shape index (κ2) is 6.67. The summed E-state index contributed by atoms with van der Waals surface area (Å²) in [6.45, 7) is 8.85. The summed E-state index contributed by atoms with van der Waals surface area (Å²) in [5.41, 5.74) is 9.02. The first-order valence-electron chi connectivity index (χ1n) is 7.54. The molecule has 21 heavy (non-hydrogen) atoms. The summed E-state index contributed by atoms with van der Waals surface area (Å²) in [5.74, 6) is 0. The van der Waals surface area contributed by atoms with Gasteiger partial charge in [0.1, 0.15) is 0 Å². The fourth-order valence-corrected chi connectivity index (χ4v) is 3.26. The Kier molecular flexibility index (Phi) is 5.13. The maximum atomic E-state index is 6.22. The van der Waals surface area contributed by atoms with Crippen molar-refractivity contribution in [2.24, 2.45) is 5.73 Å². The third-order valence-corrected chi connectivity index (χ3v) is 4.81. The summed E-state index contributed by atoms with van der Waals surface area (Å²) >= 11 is 1.80. The fraction of sp³-hybridized carbons (Fsp3) is 0.368. The van der Waals surface area contributed by atoms with E-state index in [1.54, 1.807) is 11.8 Å². The molecule has 0 spiro atoms. The Morgan fingerprint density at radius 2 is 1.62 bits per heavy atom. The van der Waals surface area contributed by atoms with Crippen LogP contribution in [0.5, 0.6) is 0 Å². The van der Waals surface area contributed by atoms with E-state index in [1.165, 1.54) is 20.9 Å². The average Bonchev–Trinajstić information content (AvgIpc) is 2.46. The van der Waals surface area contributed by atoms with E-state index >= 15 is 0 Å². The number of hydrogen-bond donors (Lipinski definition) is 1. The van der Waals surface area contributed by atoms with Crippen LogP contribution >= 0.6 is 11.8 Å².